The summed E-state index contributed by atoms with van der Waals surface area (Å²) in [6, 6.07) is 4.25. The molecule has 6 heteroatoms. The molecule has 1 N–H and O–H groups in total. The molecule has 1 aromatic rings. The molecule has 0 saturated carbocycles. The smallest absolute Gasteiger partial charge is 0.328 e. The number of methoxy groups -OCH3 is 1. The maximum absolute atomic E-state index is 11.6. The van der Waals surface area contributed by atoms with Crippen molar-refractivity contribution in [3.05, 3.63) is 33.8 Å². The van der Waals surface area contributed by atoms with Gasteiger partial charge in [0.2, 0.25) is 5.91 Å². The van der Waals surface area contributed by atoms with Crippen LogP contribution < -0.4 is 5.32 Å². The lowest BCUT2D eigenvalue weighted by Crippen LogP contribution is -2.42. The van der Waals surface area contributed by atoms with E-state index in [0.29, 0.717) is 15.6 Å². The molecule has 98 valence electrons. The number of benzene rings is 1. The van der Waals surface area contributed by atoms with Crippen LogP contribution >= 0.6 is 23.2 Å². The fraction of sp³-hybridized carbons (Fsp3) is 0.333. The number of rotatable bonds is 4. The topological polar surface area (TPSA) is 55.4 Å². The molecule has 1 atom stereocenters. The molecule has 0 aliphatic carbocycles. The Bertz CT molecular complexity index is 442. The molecule has 18 heavy (non-hydrogen) atoms. The number of nitrogens with one attached hydrogen (secondary N) is 1. The second-order valence-corrected chi connectivity index (χ2v) is 4.50. The number of ether oxygens (including phenoxy) is 1. The molecule has 1 amide bonds. The van der Waals surface area contributed by atoms with E-state index in [1.54, 1.807) is 18.2 Å². The van der Waals surface area contributed by atoms with Crippen LogP contribution in [-0.2, 0) is 20.7 Å². The van der Waals surface area contributed by atoms with E-state index in [4.69, 9.17) is 23.2 Å². The highest BCUT2D eigenvalue weighted by atomic mass is 35.5. The average molecular weight is 290 g/mol. The number of carbonyl (C=O) groups excluding carboxylic acids is 2. The van der Waals surface area contributed by atoms with Gasteiger partial charge < -0.3 is 10.1 Å². The summed E-state index contributed by atoms with van der Waals surface area (Å²) < 4.78 is 4.63. The minimum absolute atomic E-state index is 0.185. The van der Waals surface area contributed by atoms with E-state index in [-0.39, 0.29) is 12.3 Å². The quantitative estimate of drug-likeness (QED) is 0.865. The molecule has 0 aliphatic rings. The Morgan fingerprint density at radius 1 is 1.33 bits per heavy atom. The zero-order chi connectivity index (χ0) is 13.7. The molecule has 4 nitrogen and oxygen atoms in total. The van der Waals surface area contributed by atoms with Crippen LogP contribution in [0, 0.1) is 0 Å². The zero-order valence-electron chi connectivity index (χ0n) is 10.00. The first kappa shape index (κ1) is 14.8. The summed E-state index contributed by atoms with van der Waals surface area (Å²) in [6.45, 7) is 1.32. The third-order valence-corrected chi connectivity index (χ3v) is 3.04. The molecule has 0 bridgehead atoms. The molecular weight excluding hydrogens is 277 g/mol. The summed E-state index contributed by atoms with van der Waals surface area (Å²) in [5.74, 6) is -0.866. The lowest BCUT2D eigenvalue weighted by molar-refractivity contribution is -0.144. The molecule has 0 radical (unpaired) electrons. The molecule has 0 aliphatic heterocycles. The summed E-state index contributed by atoms with van der Waals surface area (Å²) in [5, 5.41) is 3.39. The van der Waals surface area contributed by atoms with Gasteiger partial charge in [-0.05, 0) is 17.7 Å². The van der Waals surface area contributed by atoms with Crippen LogP contribution in [0.5, 0.6) is 0 Å². The molecule has 1 rings (SSSR count). The lowest BCUT2D eigenvalue weighted by Gasteiger charge is -2.16. The van der Waals surface area contributed by atoms with E-state index in [0.717, 1.165) is 0 Å². The van der Waals surface area contributed by atoms with Crippen molar-refractivity contribution in [3.8, 4) is 0 Å². The maximum atomic E-state index is 11.6. The van der Waals surface area contributed by atoms with Crippen molar-refractivity contribution in [2.75, 3.05) is 7.11 Å². The second-order valence-electron chi connectivity index (χ2n) is 3.68. The van der Waals surface area contributed by atoms with Crippen molar-refractivity contribution in [3.63, 3.8) is 0 Å². The van der Waals surface area contributed by atoms with Crippen molar-refractivity contribution in [1.29, 1.82) is 0 Å². The fourth-order valence-electron chi connectivity index (χ4n) is 1.51. The fourth-order valence-corrected chi connectivity index (χ4v) is 2.06. The average Bonchev–Trinajstić information content (AvgIpc) is 2.31. The first-order valence-electron chi connectivity index (χ1n) is 5.23. The number of amides is 1. The summed E-state index contributed by atoms with van der Waals surface area (Å²) in [6.07, 6.45) is 0.185. The van der Waals surface area contributed by atoms with Crippen LogP contribution in [0.3, 0.4) is 0 Å². The molecule has 1 aromatic carbocycles. The predicted octanol–water partition coefficient (Wildman–Crippen LogP) is 2.21. The Hall–Kier alpha value is -1.26. The van der Waals surface area contributed by atoms with E-state index in [1.807, 2.05) is 0 Å². The second kappa shape index (κ2) is 6.61. The van der Waals surface area contributed by atoms with Gasteiger partial charge in [0.1, 0.15) is 6.04 Å². The standard InChI is InChI=1S/C12H13Cl2NO3/c1-7(16)15-11(12(17)18-2)6-8-9(13)4-3-5-10(8)14/h3-5,11H,6H2,1-2H3,(H,15,16)/t11-/m0/s1. The minimum Gasteiger partial charge on any atom is -0.467 e. The summed E-state index contributed by atoms with van der Waals surface area (Å²) >= 11 is 12.0. The van der Waals surface area contributed by atoms with Gasteiger partial charge in [0.05, 0.1) is 7.11 Å². The lowest BCUT2D eigenvalue weighted by atomic mass is 10.1. The summed E-state index contributed by atoms with van der Waals surface area (Å²) in [5.41, 5.74) is 0.602. The minimum atomic E-state index is -0.801. The van der Waals surface area contributed by atoms with Gasteiger partial charge in [-0.15, -0.1) is 0 Å². The van der Waals surface area contributed by atoms with Gasteiger partial charge >= 0.3 is 5.97 Å². The third kappa shape index (κ3) is 3.89. The van der Waals surface area contributed by atoms with Crippen LogP contribution in [0.2, 0.25) is 10.0 Å². The van der Waals surface area contributed by atoms with Crippen molar-refractivity contribution in [2.45, 2.75) is 19.4 Å². The van der Waals surface area contributed by atoms with Gasteiger partial charge in [-0.25, -0.2) is 4.79 Å². The largest absolute Gasteiger partial charge is 0.467 e. The van der Waals surface area contributed by atoms with E-state index < -0.39 is 12.0 Å². The SMILES string of the molecule is COC(=O)[C@H](Cc1c(Cl)cccc1Cl)NC(C)=O. The normalized spacial score (nSPS) is 11.8. The van der Waals surface area contributed by atoms with Crippen molar-refractivity contribution in [1.82, 2.24) is 5.32 Å². The Labute approximate surface area is 115 Å². The van der Waals surface area contributed by atoms with Crippen LogP contribution in [-0.4, -0.2) is 25.0 Å². The molecule has 0 heterocycles. The first-order chi connectivity index (χ1) is 8.45. The molecule has 0 spiro atoms. The van der Waals surface area contributed by atoms with Crippen LogP contribution in [0.25, 0.3) is 0 Å². The Kier molecular flexibility index (Phi) is 5.44. The van der Waals surface area contributed by atoms with Crippen LogP contribution in [0.4, 0.5) is 0 Å². The molecule has 0 saturated heterocycles. The van der Waals surface area contributed by atoms with Crippen molar-refractivity contribution < 1.29 is 14.3 Å². The van der Waals surface area contributed by atoms with E-state index in [9.17, 15) is 9.59 Å². The van der Waals surface area contributed by atoms with Gasteiger partial charge in [0.25, 0.3) is 0 Å². The monoisotopic (exact) mass is 289 g/mol. The zero-order valence-corrected chi connectivity index (χ0v) is 11.5. The highest BCUT2D eigenvalue weighted by Gasteiger charge is 2.22. The number of esters is 1. The molecule has 0 fully saturated rings. The van der Waals surface area contributed by atoms with Crippen LogP contribution in [0.1, 0.15) is 12.5 Å². The van der Waals surface area contributed by atoms with E-state index >= 15 is 0 Å². The molecule has 0 unspecified atom stereocenters. The van der Waals surface area contributed by atoms with Gasteiger partial charge in [-0.3, -0.25) is 4.79 Å². The number of hydrogen-bond donors (Lipinski definition) is 1. The van der Waals surface area contributed by atoms with Crippen LogP contribution in [0.15, 0.2) is 18.2 Å². The Balaban J connectivity index is 2.95. The van der Waals surface area contributed by atoms with Gasteiger partial charge in [0, 0.05) is 23.4 Å². The number of hydrogen-bond acceptors (Lipinski definition) is 3. The summed E-state index contributed by atoms with van der Waals surface area (Å²) in [7, 11) is 1.26. The van der Waals surface area contributed by atoms with E-state index in [1.165, 1.54) is 14.0 Å². The van der Waals surface area contributed by atoms with Gasteiger partial charge in [-0.2, -0.15) is 0 Å². The Morgan fingerprint density at radius 3 is 2.33 bits per heavy atom. The maximum Gasteiger partial charge on any atom is 0.328 e. The van der Waals surface area contributed by atoms with Gasteiger partial charge in [-0.1, -0.05) is 29.3 Å². The first-order valence-corrected chi connectivity index (χ1v) is 5.99. The Morgan fingerprint density at radius 2 is 1.89 bits per heavy atom. The molecule has 0 aromatic heterocycles. The summed E-state index contributed by atoms with van der Waals surface area (Å²) in [4.78, 5) is 22.6. The third-order valence-electron chi connectivity index (χ3n) is 2.33. The molecular formula is C12H13Cl2NO3. The van der Waals surface area contributed by atoms with Crippen molar-refractivity contribution >= 4 is 35.1 Å². The van der Waals surface area contributed by atoms with Gasteiger partial charge in [0.15, 0.2) is 0 Å². The predicted molar refractivity (Wildman–Crippen MR) is 69.8 cm³/mol. The highest BCUT2D eigenvalue weighted by molar-refractivity contribution is 6.36. The van der Waals surface area contributed by atoms with Crippen molar-refractivity contribution in [2.24, 2.45) is 0 Å². The number of carbonyl (C=O) groups is 2. The highest BCUT2D eigenvalue weighted by Crippen LogP contribution is 2.25. The number of halogens is 2. The van der Waals surface area contributed by atoms with E-state index in [2.05, 4.69) is 10.1 Å².